The molecule has 2 aromatic carbocycles. The van der Waals surface area contributed by atoms with Gasteiger partial charge in [0.2, 0.25) is 0 Å². The highest BCUT2D eigenvalue weighted by Crippen LogP contribution is 2.31. The van der Waals surface area contributed by atoms with Crippen molar-refractivity contribution in [1.29, 1.82) is 0 Å². The zero-order valence-corrected chi connectivity index (χ0v) is 14.8. The predicted molar refractivity (Wildman–Crippen MR) is 97.2 cm³/mol. The van der Waals surface area contributed by atoms with E-state index in [2.05, 4.69) is 10.4 Å². The van der Waals surface area contributed by atoms with Crippen molar-refractivity contribution >= 4 is 5.91 Å². The van der Waals surface area contributed by atoms with Gasteiger partial charge >= 0.3 is 6.18 Å². The van der Waals surface area contributed by atoms with Crippen LogP contribution in [0.2, 0.25) is 0 Å². The molecule has 1 amide bonds. The summed E-state index contributed by atoms with van der Waals surface area (Å²) in [5.74, 6) is -0.398. The smallest absolute Gasteiger partial charge is 0.416 e. The van der Waals surface area contributed by atoms with E-state index in [4.69, 9.17) is 4.74 Å². The van der Waals surface area contributed by atoms with Crippen LogP contribution in [-0.2, 0) is 17.4 Å². The molecule has 1 heterocycles. The molecule has 0 saturated carbocycles. The van der Waals surface area contributed by atoms with Gasteiger partial charge in [0.25, 0.3) is 5.91 Å². The molecule has 0 saturated heterocycles. The number of carbonyl (C=O) groups excluding carboxylic acids is 1. The van der Waals surface area contributed by atoms with Gasteiger partial charge in [-0.25, -0.2) is 4.68 Å². The van der Waals surface area contributed by atoms with Crippen molar-refractivity contribution in [2.24, 2.45) is 0 Å². The molecule has 0 aliphatic heterocycles. The Morgan fingerprint density at radius 1 is 1.11 bits per heavy atom. The Morgan fingerprint density at radius 3 is 2.57 bits per heavy atom. The lowest BCUT2D eigenvalue weighted by molar-refractivity contribution is -0.137. The van der Waals surface area contributed by atoms with Crippen LogP contribution >= 0.6 is 0 Å². The Balaban J connectivity index is 1.42. The second kappa shape index (κ2) is 8.60. The van der Waals surface area contributed by atoms with Crippen molar-refractivity contribution < 1.29 is 22.7 Å². The summed E-state index contributed by atoms with van der Waals surface area (Å²) in [7, 11) is 0. The lowest BCUT2D eigenvalue weighted by Crippen LogP contribution is -2.30. The zero-order valence-electron chi connectivity index (χ0n) is 14.8. The van der Waals surface area contributed by atoms with E-state index >= 15 is 0 Å². The third-order valence-corrected chi connectivity index (χ3v) is 3.97. The van der Waals surface area contributed by atoms with Gasteiger partial charge in [-0.3, -0.25) is 4.79 Å². The van der Waals surface area contributed by atoms with Gasteiger partial charge in [-0.15, -0.1) is 0 Å². The first-order chi connectivity index (χ1) is 13.4. The molecule has 0 unspecified atom stereocenters. The Morgan fingerprint density at radius 2 is 1.89 bits per heavy atom. The molecule has 8 heteroatoms. The molecule has 3 aromatic rings. The first-order valence-corrected chi connectivity index (χ1v) is 8.57. The fourth-order valence-electron chi connectivity index (χ4n) is 2.55. The highest BCUT2D eigenvalue weighted by Gasteiger charge is 2.30. The van der Waals surface area contributed by atoms with Crippen molar-refractivity contribution in [1.82, 2.24) is 15.1 Å². The van der Waals surface area contributed by atoms with E-state index < -0.39 is 17.6 Å². The molecular weight excluding hydrogens is 371 g/mol. The molecule has 28 heavy (non-hydrogen) atoms. The lowest BCUT2D eigenvalue weighted by atomic mass is 10.1. The fraction of sp³-hybridized carbons (Fsp3) is 0.200. The number of benzene rings is 2. The zero-order chi connectivity index (χ0) is 20.0. The first-order valence-electron chi connectivity index (χ1n) is 8.57. The number of halogens is 3. The first kappa shape index (κ1) is 19.5. The topological polar surface area (TPSA) is 56.1 Å². The Hall–Kier alpha value is -3.29. The summed E-state index contributed by atoms with van der Waals surface area (Å²) in [6.45, 7) is 0.0471. The van der Waals surface area contributed by atoms with E-state index in [1.165, 1.54) is 12.1 Å². The van der Waals surface area contributed by atoms with Crippen molar-refractivity contribution in [2.45, 2.75) is 12.6 Å². The number of nitrogens with one attached hydrogen (secondary N) is 1. The van der Waals surface area contributed by atoms with Gasteiger partial charge in [0.15, 0.2) is 6.61 Å². The lowest BCUT2D eigenvalue weighted by Gasteiger charge is -2.10. The van der Waals surface area contributed by atoms with Gasteiger partial charge in [0, 0.05) is 18.9 Å². The number of amides is 1. The monoisotopic (exact) mass is 389 g/mol. The third kappa shape index (κ3) is 5.35. The summed E-state index contributed by atoms with van der Waals surface area (Å²) in [6.07, 6.45) is -0.284. The Labute approximate surface area is 159 Å². The minimum absolute atomic E-state index is 0.000754. The number of carbonyl (C=O) groups is 1. The Kier molecular flexibility index (Phi) is 5.98. The molecule has 0 aliphatic carbocycles. The van der Waals surface area contributed by atoms with Gasteiger partial charge < -0.3 is 10.1 Å². The number of aromatic nitrogens is 2. The number of ether oxygens (including phenoxy) is 1. The third-order valence-electron chi connectivity index (χ3n) is 3.97. The van der Waals surface area contributed by atoms with Crippen LogP contribution < -0.4 is 10.1 Å². The molecule has 146 valence electrons. The van der Waals surface area contributed by atoms with E-state index in [0.717, 1.165) is 23.4 Å². The highest BCUT2D eigenvalue weighted by atomic mass is 19.4. The van der Waals surface area contributed by atoms with E-state index in [9.17, 15) is 18.0 Å². The summed E-state index contributed by atoms with van der Waals surface area (Å²) < 4.78 is 44.9. The maximum absolute atomic E-state index is 12.7. The van der Waals surface area contributed by atoms with Crippen LogP contribution in [0.1, 0.15) is 11.1 Å². The second-order valence-corrected chi connectivity index (χ2v) is 6.03. The molecule has 0 bridgehead atoms. The van der Waals surface area contributed by atoms with Gasteiger partial charge in [0.1, 0.15) is 5.75 Å². The van der Waals surface area contributed by atoms with Gasteiger partial charge in [-0.1, -0.05) is 18.2 Å². The van der Waals surface area contributed by atoms with Crippen LogP contribution in [0.4, 0.5) is 13.2 Å². The molecule has 0 spiro atoms. The van der Waals surface area contributed by atoms with Crippen molar-refractivity contribution in [3.8, 4) is 11.4 Å². The number of alkyl halides is 3. The van der Waals surface area contributed by atoms with Crippen molar-refractivity contribution in [3.05, 3.63) is 78.1 Å². The molecule has 0 fully saturated rings. The molecule has 1 aromatic heterocycles. The summed E-state index contributed by atoms with van der Waals surface area (Å²) >= 11 is 0. The summed E-state index contributed by atoms with van der Waals surface area (Å²) in [5.41, 5.74) is 1.16. The van der Waals surface area contributed by atoms with Crippen LogP contribution in [0.15, 0.2) is 67.0 Å². The van der Waals surface area contributed by atoms with Gasteiger partial charge in [-0.2, -0.15) is 18.3 Å². The van der Waals surface area contributed by atoms with E-state index in [1.807, 2.05) is 36.5 Å². The maximum atomic E-state index is 12.7. The van der Waals surface area contributed by atoms with Gasteiger partial charge in [-0.05, 0) is 48.4 Å². The van der Waals surface area contributed by atoms with Crippen molar-refractivity contribution in [3.63, 3.8) is 0 Å². The maximum Gasteiger partial charge on any atom is 0.416 e. The number of nitrogens with zero attached hydrogens (tertiary/aromatic N) is 2. The minimum Gasteiger partial charge on any atom is -0.484 e. The summed E-state index contributed by atoms with van der Waals surface area (Å²) in [5, 5.41) is 6.83. The van der Waals surface area contributed by atoms with Crippen LogP contribution in [-0.4, -0.2) is 28.8 Å². The average molecular weight is 389 g/mol. The largest absolute Gasteiger partial charge is 0.484 e. The van der Waals surface area contributed by atoms with Crippen LogP contribution in [0.25, 0.3) is 5.69 Å². The highest BCUT2D eigenvalue weighted by molar-refractivity contribution is 5.77. The quantitative estimate of drug-likeness (QED) is 0.671. The summed E-state index contributed by atoms with van der Waals surface area (Å²) in [4.78, 5) is 11.8. The average Bonchev–Trinajstić information content (AvgIpc) is 3.21. The molecule has 5 nitrogen and oxygen atoms in total. The number of hydrogen-bond donors (Lipinski definition) is 1. The number of hydrogen-bond acceptors (Lipinski definition) is 3. The minimum atomic E-state index is -4.45. The van der Waals surface area contributed by atoms with E-state index in [1.54, 1.807) is 10.9 Å². The normalized spacial score (nSPS) is 11.2. The van der Waals surface area contributed by atoms with Crippen LogP contribution in [0, 0.1) is 0 Å². The van der Waals surface area contributed by atoms with Gasteiger partial charge in [0.05, 0.1) is 11.3 Å². The second-order valence-electron chi connectivity index (χ2n) is 6.03. The van der Waals surface area contributed by atoms with Crippen LogP contribution in [0.3, 0.4) is 0 Å². The molecule has 0 atom stereocenters. The molecule has 0 radical (unpaired) electrons. The SMILES string of the molecule is O=C(COc1cccc(C(F)(F)F)c1)NCCc1ccc(-n2cccn2)cc1. The Bertz CT molecular complexity index is 907. The predicted octanol–water partition coefficient (Wildman–Crippen LogP) is 3.63. The van der Waals surface area contributed by atoms with Crippen LogP contribution in [0.5, 0.6) is 5.75 Å². The molecule has 0 aliphatic rings. The number of rotatable bonds is 7. The summed E-state index contributed by atoms with van der Waals surface area (Å²) in [6, 6.07) is 14.0. The standard InChI is InChI=1S/C20H18F3N3O2/c21-20(22,23)16-3-1-4-18(13-16)28-14-19(27)24-11-9-15-5-7-17(8-6-15)26-12-2-10-25-26/h1-8,10,12-13H,9,11,14H2,(H,24,27). The molecule has 1 N–H and O–H groups in total. The molecule has 3 rings (SSSR count). The molecular formula is C20H18F3N3O2. The fourth-order valence-corrected chi connectivity index (χ4v) is 2.55. The van der Waals surface area contributed by atoms with Crippen molar-refractivity contribution in [2.75, 3.05) is 13.2 Å². The van der Waals surface area contributed by atoms with E-state index in [-0.39, 0.29) is 12.4 Å². The van der Waals surface area contributed by atoms with E-state index in [0.29, 0.717) is 13.0 Å².